The molecule has 0 amide bonds. The SMILES string of the molecule is CCC=C(CC)[Si](C)(C)c1ccccc1. The second kappa shape index (κ2) is 5.31. The third-order valence-electron chi connectivity index (χ3n) is 3.13. The van der Waals surface area contributed by atoms with Crippen molar-refractivity contribution in [3.05, 3.63) is 41.6 Å². The van der Waals surface area contributed by atoms with Gasteiger partial charge in [0.1, 0.15) is 8.07 Å². The first-order valence-corrected chi connectivity index (χ1v) is 8.88. The van der Waals surface area contributed by atoms with E-state index in [0.717, 1.165) is 6.42 Å². The molecular weight excluding hydrogens is 196 g/mol. The van der Waals surface area contributed by atoms with E-state index in [1.165, 1.54) is 6.42 Å². The van der Waals surface area contributed by atoms with Gasteiger partial charge in [0.15, 0.2) is 0 Å². The highest BCUT2D eigenvalue weighted by atomic mass is 28.3. The summed E-state index contributed by atoms with van der Waals surface area (Å²) in [6.45, 7) is 9.41. The van der Waals surface area contributed by atoms with Crippen LogP contribution in [0.4, 0.5) is 0 Å². The fourth-order valence-electron chi connectivity index (χ4n) is 2.13. The van der Waals surface area contributed by atoms with Crippen molar-refractivity contribution in [2.45, 2.75) is 39.8 Å². The zero-order valence-electron chi connectivity index (χ0n) is 10.4. The van der Waals surface area contributed by atoms with E-state index in [2.05, 4.69) is 63.3 Å². The summed E-state index contributed by atoms with van der Waals surface area (Å²) in [4.78, 5) is 0. The molecule has 1 rings (SSSR count). The van der Waals surface area contributed by atoms with Crippen molar-refractivity contribution >= 4 is 13.3 Å². The number of allylic oxidation sites excluding steroid dienone is 2. The Bertz CT molecular complexity index is 322. The molecule has 1 aromatic carbocycles. The van der Waals surface area contributed by atoms with Crippen LogP contribution < -0.4 is 5.19 Å². The average molecular weight is 218 g/mol. The molecule has 0 bridgehead atoms. The standard InChI is InChI=1S/C14H22Si/c1-5-10-13(6-2)15(3,4)14-11-8-7-9-12-14/h7-12H,5-6H2,1-4H3. The third kappa shape index (κ3) is 2.82. The lowest BCUT2D eigenvalue weighted by molar-refractivity contribution is 1.12. The molecule has 0 nitrogen and oxygen atoms in total. The molecule has 82 valence electrons. The van der Waals surface area contributed by atoms with Crippen molar-refractivity contribution in [2.24, 2.45) is 0 Å². The lowest BCUT2D eigenvalue weighted by Gasteiger charge is -2.26. The molecule has 1 aromatic rings. The van der Waals surface area contributed by atoms with Gasteiger partial charge in [-0.25, -0.2) is 0 Å². The normalized spacial score (nSPS) is 12.9. The molecule has 0 aliphatic carbocycles. The maximum atomic E-state index is 2.45. The Morgan fingerprint density at radius 1 is 1.13 bits per heavy atom. The highest BCUT2D eigenvalue weighted by Crippen LogP contribution is 2.18. The van der Waals surface area contributed by atoms with E-state index in [1.54, 1.807) is 10.4 Å². The first kappa shape index (κ1) is 12.2. The molecule has 0 saturated heterocycles. The van der Waals surface area contributed by atoms with Crippen molar-refractivity contribution in [2.75, 3.05) is 0 Å². The smallest absolute Gasteiger partial charge is 0.0891 e. The average Bonchev–Trinajstić information content (AvgIpc) is 2.27. The van der Waals surface area contributed by atoms with E-state index in [-0.39, 0.29) is 0 Å². The van der Waals surface area contributed by atoms with Gasteiger partial charge in [-0.3, -0.25) is 0 Å². The van der Waals surface area contributed by atoms with Crippen LogP contribution in [-0.2, 0) is 0 Å². The Labute approximate surface area is 95.0 Å². The van der Waals surface area contributed by atoms with Gasteiger partial charge in [-0.1, -0.05) is 73.7 Å². The van der Waals surface area contributed by atoms with Crippen molar-refractivity contribution in [1.82, 2.24) is 0 Å². The fraction of sp³-hybridized carbons (Fsp3) is 0.429. The summed E-state index contributed by atoms with van der Waals surface area (Å²) >= 11 is 0. The van der Waals surface area contributed by atoms with Gasteiger partial charge in [-0.05, 0) is 12.8 Å². The molecule has 0 N–H and O–H groups in total. The van der Waals surface area contributed by atoms with Crippen LogP contribution in [0.25, 0.3) is 0 Å². The Morgan fingerprint density at radius 2 is 1.73 bits per heavy atom. The Hall–Kier alpha value is -0.823. The lowest BCUT2D eigenvalue weighted by atomic mass is 10.3. The second-order valence-electron chi connectivity index (χ2n) is 4.48. The van der Waals surface area contributed by atoms with Crippen LogP contribution in [0.3, 0.4) is 0 Å². The van der Waals surface area contributed by atoms with Gasteiger partial charge < -0.3 is 0 Å². The first-order valence-electron chi connectivity index (χ1n) is 5.88. The molecular formula is C14H22Si. The summed E-state index contributed by atoms with van der Waals surface area (Å²) < 4.78 is 0. The highest BCUT2D eigenvalue weighted by Gasteiger charge is 2.26. The van der Waals surface area contributed by atoms with Gasteiger partial charge >= 0.3 is 0 Å². The first-order chi connectivity index (χ1) is 7.12. The van der Waals surface area contributed by atoms with Gasteiger partial charge in [0.25, 0.3) is 0 Å². The molecule has 15 heavy (non-hydrogen) atoms. The maximum Gasteiger partial charge on any atom is 0.107 e. The van der Waals surface area contributed by atoms with E-state index in [4.69, 9.17) is 0 Å². The molecule has 0 aromatic heterocycles. The van der Waals surface area contributed by atoms with Crippen molar-refractivity contribution in [3.63, 3.8) is 0 Å². The van der Waals surface area contributed by atoms with Crippen molar-refractivity contribution in [1.29, 1.82) is 0 Å². The summed E-state index contributed by atoms with van der Waals surface area (Å²) in [7, 11) is -1.37. The highest BCUT2D eigenvalue weighted by molar-refractivity contribution is 6.95. The maximum absolute atomic E-state index is 2.45. The zero-order chi connectivity index (χ0) is 11.3. The van der Waals surface area contributed by atoms with Crippen LogP contribution in [0.2, 0.25) is 13.1 Å². The Morgan fingerprint density at radius 3 is 2.20 bits per heavy atom. The minimum atomic E-state index is -1.37. The molecule has 0 fully saturated rings. The van der Waals surface area contributed by atoms with E-state index < -0.39 is 8.07 Å². The van der Waals surface area contributed by atoms with Crippen LogP contribution in [0.15, 0.2) is 41.6 Å². The van der Waals surface area contributed by atoms with E-state index in [1.807, 2.05) is 0 Å². The van der Waals surface area contributed by atoms with Gasteiger partial charge in [-0.15, -0.1) is 0 Å². The Kier molecular flexibility index (Phi) is 4.34. The molecule has 0 spiro atoms. The van der Waals surface area contributed by atoms with Crippen LogP contribution in [0.1, 0.15) is 26.7 Å². The van der Waals surface area contributed by atoms with E-state index in [0.29, 0.717) is 0 Å². The molecule has 0 atom stereocenters. The van der Waals surface area contributed by atoms with Gasteiger partial charge in [0, 0.05) is 0 Å². The Balaban J connectivity index is 3.06. The quantitative estimate of drug-likeness (QED) is 0.673. The van der Waals surface area contributed by atoms with Gasteiger partial charge in [-0.2, -0.15) is 0 Å². The predicted molar refractivity (Wildman–Crippen MR) is 72.2 cm³/mol. The molecule has 0 heterocycles. The van der Waals surface area contributed by atoms with Crippen LogP contribution in [0, 0.1) is 0 Å². The minimum absolute atomic E-state index is 1.16. The molecule has 0 unspecified atom stereocenters. The molecule has 0 aliphatic heterocycles. The van der Waals surface area contributed by atoms with Crippen molar-refractivity contribution in [3.8, 4) is 0 Å². The number of hydrogen-bond acceptors (Lipinski definition) is 0. The second-order valence-corrected chi connectivity index (χ2v) is 8.95. The van der Waals surface area contributed by atoms with E-state index in [9.17, 15) is 0 Å². The number of benzene rings is 1. The summed E-state index contributed by atoms with van der Waals surface area (Å²) in [5, 5.41) is 3.22. The summed E-state index contributed by atoms with van der Waals surface area (Å²) in [5.41, 5.74) is 0. The zero-order valence-corrected chi connectivity index (χ0v) is 11.4. The predicted octanol–water partition coefficient (Wildman–Crippen LogP) is 3.89. The largest absolute Gasteiger partial charge is 0.107 e. The molecule has 1 heteroatoms. The van der Waals surface area contributed by atoms with Gasteiger partial charge in [0.2, 0.25) is 0 Å². The summed E-state index contributed by atoms with van der Waals surface area (Å²) in [5.74, 6) is 0. The van der Waals surface area contributed by atoms with E-state index >= 15 is 0 Å². The number of hydrogen-bond donors (Lipinski definition) is 0. The van der Waals surface area contributed by atoms with Crippen LogP contribution in [-0.4, -0.2) is 8.07 Å². The molecule has 0 radical (unpaired) electrons. The topological polar surface area (TPSA) is 0 Å². The van der Waals surface area contributed by atoms with Crippen LogP contribution >= 0.6 is 0 Å². The molecule has 0 saturated carbocycles. The van der Waals surface area contributed by atoms with Crippen molar-refractivity contribution < 1.29 is 0 Å². The fourth-order valence-corrected chi connectivity index (χ4v) is 5.12. The van der Waals surface area contributed by atoms with Crippen LogP contribution in [0.5, 0.6) is 0 Å². The third-order valence-corrected chi connectivity index (χ3v) is 7.07. The minimum Gasteiger partial charge on any atom is -0.0891 e. The molecule has 0 aliphatic rings. The lowest BCUT2D eigenvalue weighted by Crippen LogP contribution is -2.43. The summed E-state index contributed by atoms with van der Waals surface area (Å²) in [6.07, 6.45) is 4.79. The monoisotopic (exact) mass is 218 g/mol. The summed E-state index contributed by atoms with van der Waals surface area (Å²) in [6, 6.07) is 11.0. The van der Waals surface area contributed by atoms with Gasteiger partial charge in [0.05, 0.1) is 0 Å². The number of rotatable bonds is 4.